The summed E-state index contributed by atoms with van der Waals surface area (Å²) in [5, 5.41) is 11.0. The molecule has 0 radical (unpaired) electrons. The number of ether oxygens (including phenoxy) is 1. The molecule has 2 N–H and O–H groups in total. The fourth-order valence-electron chi connectivity index (χ4n) is 2.62. The Morgan fingerprint density at radius 1 is 1.10 bits per heavy atom. The van der Waals surface area contributed by atoms with Gasteiger partial charge in [-0.15, -0.1) is 4.83 Å². The van der Waals surface area contributed by atoms with Gasteiger partial charge in [-0.2, -0.15) is 0 Å². The van der Waals surface area contributed by atoms with E-state index in [9.17, 15) is 23.3 Å². The number of amides is 1. The van der Waals surface area contributed by atoms with E-state index in [4.69, 9.17) is 4.74 Å². The first-order valence-corrected chi connectivity index (χ1v) is 11.0. The molecule has 162 valence electrons. The highest BCUT2D eigenvalue weighted by Gasteiger charge is 2.20. The monoisotopic (exact) mass is 435 g/mol. The topological polar surface area (TPSA) is 128 Å². The number of hydrogen-bond acceptors (Lipinski definition) is 6. The summed E-state index contributed by atoms with van der Waals surface area (Å²) in [6, 6.07) is 9.79. The van der Waals surface area contributed by atoms with Crippen molar-refractivity contribution in [2.45, 2.75) is 44.4 Å². The van der Waals surface area contributed by atoms with Gasteiger partial charge in [-0.25, -0.2) is 8.42 Å². The van der Waals surface area contributed by atoms with Crippen LogP contribution in [-0.2, 0) is 10.0 Å². The van der Waals surface area contributed by atoms with Crippen LogP contribution >= 0.6 is 0 Å². The second-order valence-corrected chi connectivity index (χ2v) is 8.38. The molecule has 0 atom stereocenters. The minimum atomic E-state index is -4.18. The Labute approximate surface area is 175 Å². The van der Waals surface area contributed by atoms with Gasteiger partial charge >= 0.3 is 0 Å². The number of sulfonamides is 1. The van der Waals surface area contributed by atoms with Crippen LogP contribution in [0, 0.1) is 17.0 Å². The Balaban J connectivity index is 1.94. The Morgan fingerprint density at radius 3 is 2.43 bits per heavy atom. The third-order valence-electron chi connectivity index (χ3n) is 4.37. The van der Waals surface area contributed by atoms with Crippen LogP contribution in [0.5, 0.6) is 5.75 Å². The number of aryl methyl sites for hydroxylation is 1. The van der Waals surface area contributed by atoms with E-state index in [2.05, 4.69) is 12.3 Å². The quantitative estimate of drug-likeness (QED) is 0.316. The number of nitro benzene ring substituents is 1. The van der Waals surface area contributed by atoms with E-state index in [-0.39, 0.29) is 16.1 Å². The maximum atomic E-state index is 12.3. The summed E-state index contributed by atoms with van der Waals surface area (Å²) in [6.45, 7) is 4.23. The van der Waals surface area contributed by atoms with Crippen molar-refractivity contribution in [3.63, 3.8) is 0 Å². The molecule has 9 nitrogen and oxygen atoms in total. The molecule has 0 saturated carbocycles. The van der Waals surface area contributed by atoms with E-state index in [0.717, 1.165) is 31.7 Å². The normalized spacial score (nSPS) is 11.1. The smallest absolute Gasteiger partial charge is 0.273 e. The van der Waals surface area contributed by atoms with Crippen molar-refractivity contribution < 1.29 is 22.9 Å². The lowest BCUT2D eigenvalue weighted by Gasteiger charge is -2.10. The Bertz CT molecular complexity index is 990. The molecule has 0 heterocycles. The van der Waals surface area contributed by atoms with Gasteiger partial charge in [0.2, 0.25) is 0 Å². The number of hydrogen-bond donors (Lipinski definition) is 2. The van der Waals surface area contributed by atoms with E-state index < -0.39 is 20.9 Å². The van der Waals surface area contributed by atoms with Crippen LogP contribution in [0.1, 0.15) is 48.5 Å². The molecule has 0 aromatic heterocycles. The molecule has 0 aliphatic heterocycles. The van der Waals surface area contributed by atoms with Crippen LogP contribution < -0.4 is 15.0 Å². The predicted octanol–water partition coefficient (Wildman–Crippen LogP) is 3.49. The fraction of sp³-hybridized carbons (Fsp3) is 0.350. The average molecular weight is 436 g/mol. The molecule has 0 bridgehead atoms. The summed E-state index contributed by atoms with van der Waals surface area (Å²) in [5.41, 5.74) is 2.33. The molecule has 2 rings (SSSR count). The van der Waals surface area contributed by atoms with E-state index >= 15 is 0 Å². The van der Waals surface area contributed by atoms with Gasteiger partial charge in [-0.05, 0) is 43.7 Å². The molecular formula is C20H25N3O6S. The number of benzene rings is 2. The van der Waals surface area contributed by atoms with Gasteiger partial charge in [0.05, 0.1) is 16.4 Å². The Hall–Kier alpha value is -2.98. The van der Waals surface area contributed by atoms with Gasteiger partial charge in [-0.1, -0.05) is 32.3 Å². The van der Waals surface area contributed by atoms with Gasteiger partial charge in [0.1, 0.15) is 5.75 Å². The zero-order valence-corrected chi connectivity index (χ0v) is 17.7. The van der Waals surface area contributed by atoms with Crippen molar-refractivity contribution in [1.82, 2.24) is 10.3 Å². The van der Waals surface area contributed by atoms with Gasteiger partial charge in [0, 0.05) is 17.2 Å². The number of nitrogens with zero attached hydrogens (tertiary/aromatic N) is 1. The van der Waals surface area contributed by atoms with Crippen molar-refractivity contribution in [3.8, 4) is 5.75 Å². The molecule has 0 saturated heterocycles. The lowest BCUT2D eigenvalue weighted by molar-refractivity contribution is -0.385. The Morgan fingerprint density at radius 2 is 1.80 bits per heavy atom. The zero-order chi connectivity index (χ0) is 22.1. The molecule has 1 amide bonds. The Kier molecular flexibility index (Phi) is 8.31. The number of nitro groups is 1. The van der Waals surface area contributed by atoms with Gasteiger partial charge in [0.15, 0.2) is 0 Å². The summed E-state index contributed by atoms with van der Waals surface area (Å²) in [4.78, 5) is 24.2. The number of hydrazine groups is 1. The molecule has 2 aromatic rings. The molecule has 10 heteroatoms. The highest BCUT2D eigenvalue weighted by atomic mass is 32.2. The van der Waals surface area contributed by atoms with Gasteiger partial charge < -0.3 is 4.74 Å². The standard InChI is InChI=1S/C20H25N3O6S/c1-3-4-5-6-13-29-17-10-8-16(9-11-17)20(24)21-22-30(27,28)18-12-7-15(2)19(14-18)23(25)26/h7-12,14,22H,3-6,13H2,1-2H3,(H,21,24). The summed E-state index contributed by atoms with van der Waals surface area (Å²) >= 11 is 0. The third-order valence-corrected chi connectivity index (χ3v) is 5.61. The van der Waals surface area contributed by atoms with Gasteiger partial charge in [0.25, 0.3) is 21.6 Å². The molecule has 0 aliphatic carbocycles. The lowest BCUT2D eigenvalue weighted by atomic mass is 10.2. The highest BCUT2D eigenvalue weighted by Crippen LogP contribution is 2.22. The number of carbonyl (C=O) groups excluding carboxylic acids is 1. The molecule has 2 aromatic carbocycles. The average Bonchev–Trinajstić information content (AvgIpc) is 2.72. The zero-order valence-electron chi connectivity index (χ0n) is 16.9. The van der Waals surface area contributed by atoms with Crippen LogP contribution in [0.25, 0.3) is 0 Å². The van der Waals surface area contributed by atoms with Crippen molar-refractivity contribution >= 4 is 21.6 Å². The molecule has 30 heavy (non-hydrogen) atoms. The second-order valence-electron chi connectivity index (χ2n) is 6.70. The molecule has 0 spiro atoms. The molecule has 0 aliphatic rings. The maximum Gasteiger partial charge on any atom is 0.273 e. The van der Waals surface area contributed by atoms with Crippen molar-refractivity contribution in [3.05, 3.63) is 63.7 Å². The van der Waals surface area contributed by atoms with Crippen molar-refractivity contribution in [2.24, 2.45) is 0 Å². The first-order valence-electron chi connectivity index (χ1n) is 9.54. The number of nitrogens with one attached hydrogen (secondary N) is 2. The number of carbonyl (C=O) groups is 1. The molecule has 0 unspecified atom stereocenters. The maximum absolute atomic E-state index is 12.3. The number of unbranched alkanes of at least 4 members (excludes halogenated alkanes) is 3. The largest absolute Gasteiger partial charge is 0.494 e. The van der Waals surface area contributed by atoms with E-state index in [1.165, 1.54) is 31.2 Å². The van der Waals surface area contributed by atoms with E-state index in [0.29, 0.717) is 17.9 Å². The summed E-state index contributed by atoms with van der Waals surface area (Å²) in [5.74, 6) is -0.0507. The van der Waals surface area contributed by atoms with E-state index in [1.807, 2.05) is 4.83 Å². The molecule has 0 fully saturated rings. The number of rotatable bonds is 11. The predicted molar refractivity (Wildman–Crippen MR) is 112 cm³/mol. The lowest BCUT2D eigenvalue weighted by Crippen LogP contribution is -2.41. The SMILES string of the molecule is CCCCCCOc1ccc(C(=O)NNS(=O)(=O)c2ccc(C)c([N+](=O)[O-])c2)cc1. The summed E-state index contributed by atoms with van der Waals surface area (Å²) < 4.78 is 30.3. The van der Waals surface area contributed by atoms with Crippen molar-refractivity contribution in [2.75, 3.05) is 6.61 Å². The summed E-state index contributed by atoms with van der Waals surface area (Å²) in [6.07, 6.45) is 4.36. The third kappa shape index (κ3) is 6.53. The first kappa shape index (κ1) is 23.3. The molecular weight excluding hydrogens is 410 g/mol. The van der Waals surface area contributed by atoms with E-state index in [1.54, 1.807) is 12.1 Å². The first-order chi connectivity index (χ1) is 14.2. The fourth-order valence-corrected chi connectivity index (χ4v) is 3.48. The summed E-state index contributed by atoms with van der Waals surface area (Å²) in [7, 11) is -4.18. The van der Waals surface area contributed by atoms with Crippen LogP contribution in [0.15, 0.2) is 47.4 Å². The van der Waals surface area contributed by atoms with Gasteiger partial charge in [-0.3, -0.25) is 20.3 Å². The minimum Gasteiger partial charge on any atom is -0.494 e. The van der Waals surface area contributed by atoms with Crippen LogP contribution in [0.2, 0.25) is 0 Å². The van der Waals surface area contributed by atoms with Crippen LogP contribution in [0.4, 0.5) is 5.69 Å². The second kappa shape index (κ2) is 10.7. The van der Waals surface area contributed by atoms with Crippen LogP contribution in [-0.4, -0.2) is 25.9 Å². The van der Waals surface area contributed by atoms with Crippen LogP contribution in [0.3, 0.4) is 0 Å². The van der Waals surface area contributed by atoms with Crippen molar-refractivity contribution in [1.29, 1.82) is 0 Å². The minimum absolute atomic E-state index is 0.228. The highest BCUT2D eigenvalue weighted by molar-refractivity contribution is 7.89.